The molecule has 94 valence electrons. The predicted molar refractivity (Wildman–Crippen MR) is 65.1 cm³/mol. The number of anilines is 1. The first kappa shape index (κ1) is 12.8. The standard InChI is InChI=1S/C13H9ClF3N/c14-8-4-9(15)6-10(5-8)18-7-11-12(16)2-1-3-13(11)17/h1-6,18H,7H2. The molecule has 0 bridgehead atoms. The molecule has 0 amide bonds. The summed E-state index contributed by atoms with van der Waals surface area (Å²) in [5.41, 5.74) is 0.264. The second-order valence-corrected chi connectivity index (χ2v) is 4.15. The highest BCUT2D eigenvalue weighted by Crippen LogP contribution is 2.20. The molecule has 0 fully saturated rings. The molecule has 0 radical (unpaired) electrons. The number of halogens is 4. The van der Waals surface area contributed by atoms with E-state index in [1.165, 1.54) is 30.3 Å². The van der Waals surface area contributed by atoms with Gasteiger partial charge < -0.3 is 5.32 Å². The summed E-state index contributed by atoms with van der Waals surface area (Å²) in [6.45, 7) is -0.0850. The summed E-state index contributed by atoms with van der Waals surface area (Å²) >= 11 is 5.67. The van der Waals surface area contributed by atoms with Crippen LogP contribution in [0.5, 0.6) is 0 Å². The van der Waals surface area contributed by atoms with Gasteiger partial charge in [0.1, 0.15) is 17.5 Å². The zero-order valence-corrected chi connectivity index (χ0v) is 9.94. The zero-order chi connectivity index (χ0) is 13.1. The molecule has 0 aromatic heterocycles. The quantitative estimate of drug-likeness (QED) is 0.874. The van der Waals surface area contributed by atoms with E-state index in [1.807, 2.05) is 0 Å². The molecular formula is C13H9ClF3N. The Hall–Kier alpha value is -1.68. The van der Waals surface area contributed by atoms with Gasteiger partial charge in [0.25, 0.3) is 0 Å². The maximum Gasteiger partial charge on any atom is 0.131 e. The maximum atomic E-state index is 13.3. The van der Waals surface area contributed by atoms with Gasteiger partial charge in [-0.3, -0.25) is 0 Å². The maximum absolute atomic E-state index is 13.3. The van der Waals surface area contributed by atoms with Crippen molar-refractivity contribution in [1.29, 1.82) is 0 Å². The molecule has 0 aliphatic rings. The molecule has 1 N–H and O–H groups in total. The van der Waals surface area contributed by atoms with Crippen molar-refractivity contribution >= 4 is 17.3 Å². The lowest BCUT2D eigenvalue weighted by molar-refractivity contribution is 0.560. The average molecular weight is 272 g/mol. The molecule has 0 saturated carbocycles. The molecule has 0 aliphatic carbocycles. The van der Waals surface area contributed by atoms with Crippen LogP contribution in [-0.2, 0) is 6.54 Å². The van der Waals surface area contributed by atoms with Gasteiger partial charge in [-0.1, -0.05) is 17.7 Å². The molecule has 0 atom stereocenters. The first-order valence-corrected chi connectivity index (χ1v) is 5.57. The molecule has 0 spiro atoms. The van der Waals surface area contributed by atoms with Gasteiger partial charge in [-0.05, 0) is 30.3 Å². The van der Waals surface area contributed by atoms with E-state index in [4.69, 9.17) is 11.6 Å². The van der Waals surface area contributed by atoms with Crippen molar-refractivity contribution < 1.29 is 13.2 Å². The number of hydrogen-bond acceptors (Lipinski definition) is 1. The van der Waals surface area contributed by atoms with E-state index in [1.54, 1.807) is 0 Å². The van der Waals surface area contributed by atoms with Gasteiger partial charge in [0, 0.05) is 22.8 Å². The lowest BCUT2D eigenvalue weighted by Gasteiger charge is -2.09. The molecule has 5 heteroatoms. The summed E-state index contributed by atoms with van der Waals surface area (Å²) < 4.78 is 39.7. The molecular weight excluding hydrogens is 263 g/mol. The summed E-state index contributed by atoms with van der Waals surface area (Å²) in [4.78, 5) is 0. The Morgan fingerprint density at radius 2 is 1.67 bits per heavy atom. The molecule has 0 heterocycles. The molecule has 0 aliphatic heterocycles. The van der Waals surface area contributed by atoms with Crippen LogP contribution in [0.4, 0.5) is 18.9 Å². The van der Waals surface area contributed by atoms with E-state index in [9.17, 15) is 13.2 Å². The Labute approximate surface area is 107 Å². The minimum absolute atomic E-state index is 0.0850. The van der Waals surface area contributed by atoms with Crippen LogP contribution < -0.4 is 5.32 Å². The van der Waals surface area contributed by atoms with Gasteiger partial charge >= 0.3 is 0 Å². The smallest absolute Gasteiger partial charge is 0.131 e. The Balaban J connectivity index is 2.16. The normalized spacial score (nSPS) is 10.4. The van der Waals surface area contributed by atoms with Crippen molar-refractivity contribution in [2.24, 2.45) is 0 Å². The Kier molecular flexibility index (Phi) is 3.77. The van der Waals surface area contributed by atoms with Crippen LogP contribution in [0.2, 0.25) is 5.02 Å². The van der Waals surface area contributed by atoms with Crippen molar-refractivity contribution in [2.45, 2.75) is 6.54 Å². The lowest BCUT2D eigenvalue weighted by Crippen LogP contribution is -2.04. The lowest BCUT2D eigenvalue weighted by atomic mass is 10.2. The second kappa shape index (κ2) is 5.31. The largest absolute Gasteiger partial charge is 0.381 e. The van der Waals surface area contributed by atoms with Crippen LogP contribution in [0.15, 0.2) is 36.4 Å². The predicted octanol–water partition coefficient (Wildman–Crippen LogP) is 4.37. The van der Waals surface area contributed by atoms with Crippen molar-refractivity contribution in [3.05, 3.63) is 64.4 Å². The van der Waals surface area contributed by atoms with Crippen LogP contribution in [0, 0.1) is 17.5 Å². The number of rotatable bonds is 3. The van der Waals surface area contributed by atoms with Crippen molar-refractivity contribution in [3.63, 3.8) is 0 Å². The molecule has 1 nitrogen and oxygen atoms in total. The number of hydrogen-bond donors (Lipinski definition) is 1. The highest BCUT2D eigenvalue weighted by Gasteiger charge is 2.08. The summed E-state index contributed by atoms with van der Waals surface area (Å²) in [5, 5.41) is 2.93. The van der Waals surface area contributed by atoms with Crippen molar-refractivity contribution in [1.82, 2.24) is 0 Å². The summed E-state index contributed by atoms with van der Waals surface area (Å²) in [5.74, 6) is -1.81. The van der Waals surface area contributed by atoms with Gasteiger partial charge in [0.15, 0.2) is 0 Å². The first-order chi connectivity index (χ1) is 8.56. The van der Waals surface area contributed by atoms with Crippen LogP contribution in [-0.4, -0.2) is 0 Å². The van der Waals surface area contributed by atoms with Crippen LogP contribution >= 0.6 is 11.6 Å². The zero-order valence-electron chi connectivity index (χ0n) is 9.18. The third-order valence-electron chi connectivity index (χ3n) is 2.39. The molecule has 2 aromatic rings. The van der Waals surface area contributed by atoms with Gasteiger partial charge in [-0.2, -0.15) is 0 Å². The monoisotopic (exact) mass is 271 g/mol. The molecule has 18 heavy (non-hydrogen) atoms. The fourth-order valence-corrected chi connectivity index (χ4v) is 1.77. The van der Waals surface area contributed by atoms with Gasteiger partial charge in [0.05, 0.1) is 0 Å². The minimum atomic E-state index is -0.648. The highest BCUT2D eigenvalue weighted by molar-refractivity contribution is 6.30. The average Bonchev–Trinajstić information content (AvgIpc) is 2.27. The third kappa shape index (κ3) is 2.96. The SMILES string of the molecule is Fc1cc(Cl)cc(NCc2c(F)cccc2F)c1. The molecule has 2 aromatic carbocycles. The van der Waals surface area contributed by atoms with Crippen LogP contribution in [0.25, 0.3) is 0 Å². The summed E-state index contributed by atoms with van der Waals surface area (Å²) in [6, 6.07) is 7.44. The van der Waals surface area contributed by atoms with Gasteiger partial charge in [0.2, 0.25) is 0 Å². The van der Waals surface area contributed by atoms with Crippen molar-refractivity contribution in [3.8, 4) is 0 Å². The highest BCUT2D eigenvalue weighted by atomic mass is 35.5. The minimum Gasteiger partial charge on any atom is -0.381 e. The number of nitrogens with one attached hydrogen (secondary N) is 1. The number of benzene rings is 2. The van der Waals surface area contributed by atoms with E-state index in [-0.39, 0.29) is 17.1 Å². The second-order valence-electron chi connectivity index (χ2n) is 3.71. The van der Waals surface area contributed by atoms with Crippen LogP contribution in [0.3, 0.4) is 0 Å². The fourth-order valence-electron chi connectivity index (χ4n) is 1.55. The molecule has 2 rings (SSSR count). The summed E-state index contributed by atoms with van der Waals surface area (Å²) in [7, 11) is 0. The van der Waals surface area contributed by atoms with Crippen molar-refractivity contribution in [2.75, 3.05) is 5.32 Å². The van der Waals surface area contributed by atoms with Crippen LogP contribution in [0.1, 0.15) is 5.56 Å². The molecule has 0 unspecified atom stereocenters. The fraction of sp³-hybridized carbons (Fsp3) is 0.0769. The van der Waals surface area contributed by atoms with Gasteiger partial charge in [-0.25, -0.2) is 13.2 Å². The Bertz CT molecular complexity index is 532. The van der Waals surface area contributed by atoms with E-state index >= 15 is 0 Å². The Morgan fingerprint density at radius 3 is 2.28 bits per heavy atom. The summed E-state index contributed by atoms with van der Waals surface area (Å²) in [6.07, 6.45) is 0. The molecule has 0 saturated heterocycles. The van der Waals surface area contributed by atoms with E-state index in [0.717, 1.165) is 6.07 Å². The first-order valence-electron chi connectivity index (χ1n) is 5.19. The topological polar surface area (TPSA) is 12.0 Å². The Morgan fingerprint density at radius 1 is 1.00 bits per heavy atom. The van der Waals surface area contributed by atoms with E-state index < -0.39 is 17.5 Å². The van der Waals surface area contributed by atoms with Gasteiger partial charge in [-0.15, -0.1) is 0 Å². The third-order valence-corrected chi connectivity index (χ3v) is 2.61. The van der Waals surface area contributed by atoms with E-state index in [0.29, 0.717) is 5.69 Å². The van der Waals surface area contributed by atoms with E-state index in [2.05, 4.69) is 5.32 Å².